The van der Waals surface area contributed by atoms with Gasteiger partial charge in [-0.05, 0) is 32.0 Å². The second kappa shape index (κ2) is 6.33. The zero-order valence-electron chi connectivity index (χ0n) is 9.87. The van der Waals surface area contributed by atoms with Crippen LogP contribution in [-0.2, 0) is 4.74 Å². The molecule has 1 aromatic rings. The molecule has 1 aromatic carbocycles. The number of nitrogens with zero attached hydrogens (tertiary/aromatic N) is 1. The number of ether oxygens (including phenoxy) is 1. The minimum absolute atomic E-state index is 0.301. The smallest absolute Gasteiger partial charge is 0.127 e. The van der Waals surface area contributed by atoms with E-state index in [4.69, 9.17) is 10.5 Å². The predicted molar refractivity (Wildman–Crippen MR) is 65.2 cm³/mol. The Bertz CT molecular complexity index is 311. The fourth-order valence-electron chi connectivity index (χ4n) is 1.57. The van der Waals surface area contributed by atoms with Crippen molar-refractivity contribution in [2.24, 2.45) is 0 Å². The van der Waals surface area contributed by atoms with Crippen LogP contribution in [0.15, 0.2) is 18.2 Å². The van der Waals surface area contributed by atoms with Crippen LogP contribution >= 0.6 is 0 Å². The molecule has 0 fully saturated rings. The summed E-state index contributed by atoms with van der Waals surface area (Å²) in [4.78, 5) is 2.04. The Labute approximate surface area is 96.0 Å². The molecule has 0 aromatic heterocycles. The zero-order chi connectivity index (χ0) is 12.0. The first-order valence-electron chi connectivity index (χ1n) is 5.56. The van der Waals surface area contributed by atoms with Gasteiger partial charge in [-0.2, -0.15) is 0 Å². The van der Waals surface area contributed by atoms with Gasteiger partial charge in [-0.15, -0.1) is 0 Å². The maximum absolute atomic E-state index is 13.2. The summed E-state index contributed by atoms with van der Waals surface area (Å²) in [5.74, 6) is -0.301. The van der Waals surface area contributed by atoms with Crippen LogP contribution in [0.25, 0.3) is 0 Å². The first-order valence-corrected chi connectivity index (χ1v) is 5.56. The van der Waals surface area contributed by atoms with E-state index >= 15 is 0 Å². The Kier molecular flexibility index (Phi) is 5.05. The van der Waals surface area contributed by atoms with Crippen molar-refractivity contribution in [1.82, 2.24) is 0 Å². The van der Waals surface area contributed by atoms with E-state index in [0.29, 0.717) is 18.9 Å². The molecule has 2 N–H and O–H groups in total. The molecule has 0 bridgehead atoms. The number of halogens is 1. The number of anilines is 2. The average molecular weight is 226 g/mol. The molecule has 0 amide bonds. The van der Waals surface area contributed by atoms with E-state index in [2.05, 4.69) is 0 Å². The fourth-order valence-corrected chi connectivity index (χ4v) is 1.57. The van der Waals surface area contributed by atoms with Gasteiger partial charge in [-0.25, -0.2) is 4.39 Å². The molecule has 0 saturated carbocycles. The van der Waals surface area contributed by atoms with Gasteiger partial charge in [0.15, 0.2) is 0 Å². The number of nitrogens with two attached hydrogens (primary N) is 1. The molecule has 0 radical (unpaired) electrons. The van der Waals surface area contributed by atoms with E-state index in [0.717, 1.165) is 18.8 Å². The number of likely N-dealkylation sites (N-methyl/N-ethyl adjacent to an activating group) is 1. The van der Waals surface area contributed by atoms with Gasteiger partial charge in [0.2, 0.25) is 0 Å². The molecule has 0 saturated heterocycles. The standard InChI is InChI=1S/C12H19FN2O/c1-3-15(5-6-16-4-2)12-8-10(13)7-11(14)9-12/h7-9H,3-6,14H2,1-2H3. The minimum Gasteiger partial charge on any atom is -0.399 e. The fraction of sp³-hybridized carbons (Fsp3) is 0.500. The minimum atomic E-state index is -0.301. The molecule has 4 heteroatoms. The van der Waals surface area contributed by atoms with E-state index in [1.165, 1.54) is 12.1 Å². The van der Waals surface area contributed by atoms with Crippen LogP contribution < -0.4 is 10.6 Å². The summed E-state index contributed by atoms with van der Waals surface area (Å²) >= 11 is 0. The van der Waals surface area contributed by atoms with Crippen LogP contribution in [0.2, 0.25) is 0 Å². The first kappa shape index (κ1) is 12.8. The molecule has 0 spiro atoms. The molecule has 0 aliphatic carbocycles. The van der Waals surface area contributed by atoms with Crippen molar-refractivity contribution in [2.45, 2.75) is 13.8 Å². The monoisotopic (exact) mass is 226 g/mol. The SMILES string of the molecule is CCOCCN(CC)c1cc(N)cc(F)c1. The van der Waals surface area contributed by atoms with Crippen LogP contribution in [0.4, 0.5) is 15.8 Å². The number of nitrogen functional groups attached to an aromatic ring is 1. The predicted octanol–water partition coefficient (Wildman–Crippen LogP) is 2.27. The molecule has 90 valence electrons. The summed E-state index contributed by atoms with van der Waals surface area (Å²) in [5.41, 5.74) is 6.86. The highest BCUT2D eigenvalue weighted by atomic mass is 19.1. The molecule has 0 atom stereocenters. The molecule has 3 nitrogen and oxygen atoms in total. The summed E-state index contributed by atoms with van der Waals surface area (Å²) < 4.78 is 18.5. The molecule has 0 heterocycles. The normalized spacial score (nSPS) is 10.4. The van der Waals surface area contributed by atoms with Crippen molar-refractivity contribution in [1.29, 1.82) is 0 Å². The number of rotatable bonds is 6. The van der Waals surface area contributed by atoms with Gasteiger partial charge in [0.05, 0.1) is 6.61 Å². The topological polar surface area (TPSA) is 38.5 Å². The largest absolute Gasteiger partial charge is 0.399 e. The van der Waals surface area contributed by atoms with Crippen LogP contribution in [0.5, 0.6) is 0 Å². The van der Waals surface area contributed by atoms with Crippen LogP contribution in [0, 0.1) is 5.82 Å². The third-order valence-corrected chi connectivity index (χ3v) is 2.36. The van der Waals surface area contributed by atoms with Gasteiger partial charge in [-0.3, -0.25) is 0 Å². The van der Waals surface area contributed by atoms with E-state index < -0.39 is 0 Å². The van der Waals surface area contributed by atoms with Crippen LogP contribution in [0.1, 0.15) is 13.8 Å². The van der Waals surface area contributed by atoms with Gasteiger partial charge in [-0.1, -0.05) is 0 Å². The molecular weight excluding hydrogens is 207 g/mol. The highest BCUT2D eigenvalue weighted by Gasteiger charge is 2.06. The molecule has 0 aliphatic heterocycles. The Morgan fingerprint density at radius 2 is 2.06 bits per heavy atom. The molecular formula is C12H19FN2O. The summed E-state index contributed by atoms with van der Waals surface area (Å²) in [6.45, 7) is 6.86. The van der Waals surface area contributed by atoms with Crippen molar-refractivity contribution in [3.8, 4) is 0 Å². The maximum Gasteiger partial charge on any atom is 0.127 e. The Morgan fingerprint density at radius 3 is 2.62 bits per heavy atom. The van der Waals surface area contributed by atoms with Crippen molar-refractivity contribution < 1.29 is 9.13 Å². The van der Waals surface area contributed by atoms with Gasteiger partial charge in [0, 0.05) is 31.1 Å². The molecule has 0 unspecified atom stereocenters. The zero-order valence-corrected chi connectivity index (χ0v) is 9.87. The van der Waals surface area contributed by atoms with Gasteiger partial charge in [0.25, 0.3) is 0 Å². The van der Waals surface area contributed by atoms with E-state index in [9.17, 15) is 4.39 Å². The lowest BCUT2D eigenvalue weighted by atomic mass is 10.2. The summed E-state index contributed by atoms with van der Waals surface area (Å²) in [5, 5.41) is 0. The lowest BCUT2D eigenvalue weighted by Crippen LogP contribution is -2.27. The third-order valence-electron chi connectivity index (χ3n) is 2.36. The number of hydrogen-bond acceptors (Lipinski definition) is 3. The first-order chi connectivity index (χ1) is 7.67. The lowest BCUT2D eigenvalue weighted by molar-refractivity contribution is 0.154. The van der Waals surface area contributed by atoms with E-state index in [1.54, 1.807) is 6.07 Å². The van der Waals surface area contributed by atoms with Crippen molar-refractivity contribution in [2.75, 3.05) is 36.9 Å². The maximum atomic E-state index is 13.2. The van der Waals surface area contributed by atoms with E-state index in [1.807, 2.05) is 18.7 Å². The quantitative estimate of drug-likeness (QED) is 0.597. The molecule has 0 aliphatic rings. The van der Waals surface area contributed by atoms with Crippen molar-refractivity contribution in [3.05, 3.63) is 24.0 Å². The van der Waals surface area contributed by atoms with Crippen molar-refractivity contribution in [3.63, 3.8) is 0 Å². The summed E-state index contributed by atoms with van der Waals surface area (Å²) in [7, 11) is 0. The van der Waals surface area contributed by atoms with Crippen LogP contribution in [-0.4, -0.2) is 26.3 Å². The highest BCUT2D eigenvalue weighted by Crippen LogP contribution is 2.19. The summed E-state index contributed by atoms with van der Waals surface area (Å²) in [6.07, 6.45) is 0. The third kappa shape index (κ3) is 3.70. The van der Waals surface area contributed by atoms with Gasteiger partial charge >= 0.3 is 0 Å². The Hall–Kier alpha value is -1.29. The Morgan fingerprint density at radius 1 is 1.31 bits per heavy atom. The van der Waals surface area contributed by atoms with Gasteiger partial charge in [0.1, 0.15) is 5.82 Å². The lowest BCUT2D eigenvalue weighted by Gasteiger charge is -2.23. The summed E-state index contributed by atoms with van der Waals surface area (Å²) in [6, 6.07) is 4.59. The highest BCUT2D eigenvalue weighted by molar-refractivity contribution is 5.56. The Balaban J connectivity index is 2.70. The van der Waals surface area contributed by atoms with Crippen molar-refractivity contribution >= 4 is 11.4 Å². The molecule has 1 rings (SSSR count). The molecule has 16 heavy (non-hydrogen) atoms. The second-order valence-electron chi connectivity index (χ2n) is 3.52. The number of benzene rings is 1. The van der Waals surface area contributed by atoms with Gasteiger partial charge < -0.3 is 15.4 Å². The van der Waals surface area contributed by atoms with E-state index in [-0.39, 0.29) is 5.82 Å². The van der Waals surface area contributed by atoms with Crippen LogP contribution in [0.3, 0.4) is 0 Å². The number of hydrogen-bond donors (Lipinski definition) is 1. The average Bonchev–Trinajstić information content (AvgIpc) is 2.23. The second-order valence-corrected chi connectivity index (χ2v) is 3.52.